The molecular formula is C13H18N4. The number of pyridine rings is 1. The Kier molecular flexibility index (Phi) is 3.48. The lowest BCUT2D eigenvalue weighted by molar-refractivity contribution is 0.536. The van der Waals surface area contributed by atoms with Crippen molar-refractivity contribution in [3.63, 3.8) is 0 Å². The Morgan fingerprint density at radius 2 is 2.41 bits per heavy atom. The van der Waals surface area contributed by atoms with Crippen LogP contribution in [0, 0.1) is 23.2 Å². The molecule has 1 saturated carbocycles. The Hall–Kier alpha value is -1.76. The number of hydrogen-bond acceptors (Lipinski definition) is 4. The molecular weight excluding hydrogens is 212 g/mol. The third-order valence-corrected chi connectivity index (χ3v) is 3.39. The van der Waals surface area contributed by atoms with Crippen molar-refractivity contribution in [2.45, 2.75) is 26.2 Å². The van der Waals surface area contributed by atoms with Crippen LogP contribution in [0.15, 0.2) is 12.3 Å². The maximum atomic E-state index is 8.99. The van der Waals surface area contributed by atoms with Crippen molar-refractivity contribution in [3.05, 3.63) is 17.8 Å². The number of nitrogens with zero attached hydrogens (tertiary/aromatic N) is 2. The van der Waals surface area contributed by atoms with Crippen molar-refractivity contribution in [3.8, 4) is 6.07 Å². The van der Waals surface area contributed by atoms with Gasteiger partial charge in [0.25, 0.3) is 0 Å². The highest BCUT2D eigenvalue weighted by molar-refractivity contribution is 5.57. The van der Waals surface area contributed by atoms with Gasteiger partial charge in [-0.15, -0.1) is 0 Å². The summed E-state index contributed by atoms with van der Waals surface area (Å²) in [4.78, 5) is 4.17. The molecule has 4 nitrogen and oxygen atoms in total. The molecule has 0 spiro atoms. The summed E-state index contributed by atoms with van der Waals surface area (Å²) in [5.41, 5.74) is 6.65. The van der Waals surface area contributed by atoms with Crippen molar-refractivity contribution in [1.82, 2.24) is 4.98 Å². The number of nitriles is 1. The predicted molar refractivity (Wildman–Crippen MR) is 68.4 cm³/mol. The van der Waals surface area contributed by atoms with E-state index in [0.29, 0.717) is 23.0 Å². The number of nitrogens with two attached hydrogens (primary N) is 1. The first kappa shape index (κ1) is 11.7. The van der Waals surface area contributed by atoms with E-state index in [1.165, 1.54) is 19.3 Å². The van der Waals surface area contributed by atoms with Crippen LogP contribution in [0.5, 0.6) is 0 Å². The zero-order valence-corrected chi connectivity index (χ0v) is 10.1. The van der Waals surface area contributed by atoms with Crippen LogP contribution in [0.2, 0.25) is 0 Å². The Balaban J connectivity index is 1.97. The summed E-state index contributed by atoms with van der Waals surface area (Å²) in [5, 5.41) is 12.3. The minimum Gasteiger partial charge on any atom is -0.397 e. The molecule has 17 heavy (non-hydrogen) atoms. The first-order valence-electron chi connectivity index (χ1n) is 6.08. The van der Waals surface area contributed by atoms with Crippen molar-refractivity contribution >= 4 is 11.5 Å². The maximum Gasteiger partial charge on any atom is 0.144 e. The number of anilines is 2. The molecule has 3 N–H and O–H groups in total. The normalized spacial score (nSPS) is 23.3. The largest absolute Gasteiger partial charge is 0.397 e. The number of nitrogens with one attached hydrogen (secondary N) is 1. The minimum atomic E-state index is 0.524. The number of aromatic nitrogens is 1. The van der Waals surface area contributed by atoms with Gasteiger partial charge in [-0.2, -0.15) is 5.26 Å². The first-order valence-corrected chi connectivity index (χ1v) is 6.08. The average Bonchev–Trinajstić information content (AvgIpc) is 2.73. The van der Waals surface area contributed by atoms with Gasteiger partial charge in [0.2, 0.25) is 0 Å². The highest BCUT2D eigenvalue weighted by atomic mass is 15.0. The Morgan fingerprint density at radius 3 is 3.06 bits per heavy atom. The van der Waals surface area contributed by atoms with E-state index in [9.17, 15) is 0 Å². The van der Waals surface area contributed by atoms with Crippen LogP contribution in [-0.2, 0) is 0 Å². The topological polar surface area (TPSA) is 74.7 Å². The highest BCUT2D eigenvalue weighted by Gasteiger charge is 2.21. The summed E-state index contributed by atoms with van der Waals surface area (Å²) < 4.78 is 0. The Labute approximate surface area is 102 Å². The molecule has 1 heterocycles. The lowest BCUT2D eigenvalue weighted by Gasteiger charge is -2.12. The Bertz CT molecular complexity index is 436. The van der Waals surface area contributed by atoms with Gasteiger partial charge in [0.15, 0.2) is 0 Å². The van der Waals surface area contributed by atoms with Crippen LogP contribution in [0.25, 0.3) is 0 Å². The molecule has 1 aliphatic carbocycles. The zero-order chi connectivity index (χ0) is 12.3. The van der Waals surface area contributed by atoms with Gasteiger partial charge in [0.05, 0.1) is 17.4 Å². The summed E-state index contributed by atoms with van der Waals surface area (Å²) in [6.07, 6.45) is 5.43. The molecule has 90 valence electrons. The Morgan fingerprint density at radius 1 is 1.59 bits per heavy atom. The summed E-state index contributed by atoms with van der Waals surface area (Å²) in [5.74, 6) is 2.19. The monoisotopic (exact) mass is 230 g/mol. The van der Waals surface area contributed by atoms with E-state index in [1.807, 2.05) is 0 Å². The second-order valence-electron chi connectivity index (χ2n) is 4.94. The lowest BCUT2D eigenvalue weighted by atomic mass is 10.1. The fraction of sp³-hybridized carbons (Fsp3) is 0.538. The van der Waals surface area contributed by atoms with Gasteiger partial charge in [-0.25, -0.2) is 4.98 Å². The lowest BCUT2D eigenvalue weighted by Crippen LogP contribution is -2.13. The second-order valence-corrected chi connectivity index (χ2v) is 4.94. The number of rotatable bonds is 3. The van der Waals surface area contributed by atoms with Crippen LogP contribution in [0.1, 0.15) is 31.7 Å². The van der Waals surface area contributed by atoms with Gasteiger partial charge in [-0.05, 0) is 30.7 Å². The van der Waals surface area contributed by atoms with E-state index in [2.05, 4.69) is 23.3 Å². The van der Waals surface area contributed by atoms with Gasteiger partial charge in [-0.3, -0.25) is 0 Å². The van der Waals surface area contributed by atoms with E-state index >= 15 is 0 Å². The maximum absolute atomic E-state index is 8.99. The smallest absolute Gasteiger partial charge is 0.144 e. The molecule has 1 fully saturated rings. The van der Waals surface area contributed by atoms with Crippen LogP contribution in [-0.4, -0.2) is 11.5 Å². The molecule has 0 aliphatic heterocycles. The van der Waals surface area contributed by atoms with Crippen LogP contribution < -0.4 is 11.1 Å². The molecule has 1 aromatic rings. The molecule has 0 radical (unpaired) electrons. The molecule has 4 heteroatoms. The number of hydrogen-bond donors (Lipinski definition) is 2. The SMILES string of the molecule is CC1CCC(CNc2ncc(N)cc2C#N)C1. The van der Waals surface area contributed by atoms with Gasteiger partial charge in [-0.1, -0.05) is 13.3 Å². The van der Waals surface area contributed by atoms with Gasteiger partial charge < -0.3 is 11.1 Å². The third kappa shape index (κ3) is 2.88. The van der Waals surface area contributed by atoms with Crippen LogP contribution in [0.4, 0.5) is 11.5 Å². The molecule has 0 amide bonds. The van der Waals surface area contributed by atoms with Gasteiger partial charge in [0.1, 0.15) is 11.9 Å². The standard InChI is InChI=1S/C13H18N4/c1-9-2-3-10(4-9)7-16-13-11(6-14)5-12(15)8-17-13/h5,8-10H,2-4,7,15H2,1H3,(H,16,17). The molecule has 1 aromatic heterocycles. The van der Waals surface area contributed by atoms with Crippen molar-refractivity contribution in [2.24, 2.45) is 11.8 Å². The van der Waals surface area contributed by atoms with Crippen LogP contribution in [0.3, 0.4) is 0 Å². The molecule has 1 aliphatic rings. The third-order valence-electron chi connectivity index (χ3n) is 3.39. The minimum absolute atomic E-state index is 0.524. The zero-order valence-electron chi connectivity index (χ0n) is 10.1. The van der Waals surface area contributed by atoms with E-state index in [0.717, 1.165) is 12.5 Å². The highest BCUT2D eigenvalue weighted by Crippen LogP contribution is 2.30. The van der Waals surface area contributed by atoms with E-state index in [1.54, 1.807) is 12.3 Å². The predicted octanol–water partition coefficient (Wildman–Crippen LogP) is 2.38. The summed E-state index contributed by atoms with van der Waals surface area (Å²) >= 11 is 0. The molecule has 0 bridgehead atoms. The molecule has 0 saturated heterocycles. The van der Waals surface area contributed by atoms with Crippen molar-refractivity contribution in [2.75, 3.05) is 17.6 Å². The molecule has 2 atom stereocenters. The molecule has 2 rings (SSSR count). The number of nitrogen functional groups attached to an aromatic ring is 1. The second kappa shape index (κ2) is 5.05. The van der Waals surface area contributed by atoms with Crippen molar-refractivity contribution in [1.29, 1.82) is 5.26 Å². The fourth-order valence-electron chi connectivity index (χ4n) is 2.46. The van der Waals surface area contributed by atoms with Gasteiger partial charge in [0, 0.05) is 6.54 Å². The molecule has 2 unspecified atom stereocenters. The quantitative estimate of drug-likeness (QED) is 0.836. The fourth-order valence-corrected chi connectivity index (χ4v) is 2.46. The summed E-state index contributed by atoms with van der Waals surface area (Å²) in [6, 6.07) is 3.77. The average molecular weight is 230 g/mol. The summed E-state index contributed by atoms with van der Waals surface area (Å²) in [6.45, 7) is 3.19. The van der Waals surface area contributed by atoms with Crippen LogP contribution >= 0.6 is 0 Å². The van der Waals surface area contributed by atoms with E-state index < -0.39 is 0 Å². The van der Waals surface area contributed by atoms with E-state index in [-0.39, 0.29) is 0 Å². The first-order chi connectivity index (χ1) is 8.19. The van der Waals surface area contributed by atoms with E-state index in [4.69, 9.17) is 11.0 Å². The molecule has 0 aromatic carbocycles. The summed E-state index contributed by atoms with van der Waals surface area (Å²) in [7, 11) is 0. The van der Waals surface area contributed by atoms with Gasteiger partial charge >= 0.3 is 0 Å². The van der Waals surface area contributed by atoms with Crippen molar-refractivity contribution < 1.29 is 0 Å².